The smallest absolute Gasteiger partial charge is 0.303 e. The number of hydrogen-bond acceptors (Lipinski definition) is 5. The second-order valence-corrected chi connectivity index (χ2v) is 6.69. The highest BCUT2D eigenvalue weighted by Crippen LogP contribution is 2.20. The maximum Gasteiger partial charge on any atom is 0.303 e. The molecule has 0 radical (unpaired) electrons. The lowest BCUT2D eigenvalue weighted by Crippen LogP contribution is -2.18. The van der Waals surface area contributed by atoms with E-state index >= 15 is 0 Å². The molecule has 6 heteroatoms. The number of ketones is 1. The lowest BCUT2D eigenvalue weighted by Gasteiger charge is -2.15. The van der Waals surface area contributed by atoms with Crippen molar-refractivity contribution in [3.63, 3.8) is 0 Å². The van der Waals surface area contributed by atoms with Crippen LogP contribution in [0.3, 0.4) is 0 Å². The average molecular weight is 390 g/mol. The number of ether oxygens (including phenoxy) is 2. The van der Waals surface area contributed by atoms with E-state index in [1.165, 1.54) is 0 Å². The fraction of sp³-hybridized carbons (Fsp3) is 0.545. The molecule has 0 bridgehead atoms. The Morgan fingerprint density at radius 2 is 1.89 bits per heavy atom. The van der Waals surface area contributed by atoms with Gasteiger partial charge >= 0.3 is 5.97 Å². The topological polar surface area (TPSA) is 93.1 Å². The summed E-state index contributed by atoms with van der Waals surface area (Å²) >= 11 is 0. The molecule has 0 fully saturated rings. The Labute approximate surface area is 166 Å². The maximum absolute atomic E-state index is 11.8. The van der Waals surface area contributed by atoms with Gasteiger partial charge in [-0.25, -0.2) is 0 Å². The zero-order chi connectivity index (χ0) is 20.8. The molecule has 1 aromatic rings. The van der Waals surface area contributed by atoms with Crippen molar-refractivity contribution in [2.24, 2.45) is 5.92 Å². The first-order chi connectivity index (χ1) is 13.4. The van der Waals surface area contributed by atoms with E-state index in [1.54, 1.807) is 26.2 Å². The quantitative estimate of drug-likeness (QED) is 0.396. The number of rotatable bonds is 13. The van der Waals surface area contributed by atoms with Crippen LogP contribution < -0.4 is 9.47 Å². The van der Waals surface area contributed by atoms with E-state index in [1.807, 2.05) is 12.1 Å². The number of benzene rings is 1. The van der Waals surface area contributed by atoms with Gasteiger partial charge in [0.15, 0.2) is 0 Å². The minimum absolute atomic E-state index is 0.0851. The van der Waals surface area contributed by atoms with Crippen LogP contribution >= 0.6 is 0 Å². The predicted octanol–water partition coefficient (Wildman–Crippen LogP) is 3.46. The second kappa shape index (κ2) is 13.6. The first-order valence-electron chi connectivity index (χ1n) is 9.55. The Bertz CT molecular complexity index is 673. The molecule has 0 saturated carbocycles. The monoisotopic (exact) mass is 390 g/mol. The molecule has 28 heavy (non-hydrogen) atoms. The Morgan fingerprint density at radius 3 is 2.57 bits per heavy atom. The summed E-state index contributed by atoms with van der Waals surface area (Å²) in [4.78, 5) is 22.2. The molecule has 0 heterocycles. The number of carbonyl (C=O) groups excluding carboxylic acids is 1. The van der Waals surface area contributed by atoms with Crippen LogP contribution in [0, 0.1) is 17.8 Å². The van der Waals surface area contributed by atoms with E-state index in [2.05, 4.69) is 11.8 Å². The minimum atomic E-state index is -0.822. The van der Waals surface area contributed by atoms with Gasteiger partial charge in [-0.2, -0.15) is 0 Å². The van der Waals surface area contributed by atoms with E-state index in [0.717, 1.165) is 0 Å². The van der Waals surface area contributed by atoms with Crippen LogP contribution in [-0.2, 0) is 9.59 Å². The van der Waals surface area contributed by atoms with Crippen molar-refractivity contribution >= 4 is 11.8 Å². The van der Waals surface area contributed by atoms with Crippen molar-refractivity contribution in [1.29, 1.82) is 0 Å². The minimum Gasteiger partial charge on any atom is -0.497 e. The van der Waals surface area contributed by atoms with E-state index < -0.39 is 12.1 Å². The molecule has 2 atom stereocenters. The Balaban J connectivity index is 2.28. The zero-order valence-corrected chi connectivity index (χ0v) is 16.6. The summed E-state index contributed by atoms with van der Waals surface area (Å²) in [6, 6.07) is 7.20. The van der Waals surface area contributed by atoms with Gasteiger partial charge in [-0.3, -0.25) is 9.59 Å². The molecule has 0 aliphatic carbocycles. The SMILES string of the molecule is COc1cccc(OCC(O)CCCC(CC#CCCCC(=O)O)C(C)=O)c1. The Morgan fingerprint density at radius 1 is 1.14 bits per heavy atom. The van der Waals surface area contributed by atoms with Crippen LogP contribution in [0.25, 0.3) is 0 Å². The molecule has 0 spiro atoms. The van der Waals surface area contributed by atoms with Gasteiger partial charge in [0.25, 0.3) is 0 Å². The van der Waals surface area contributed by atoms with Gasteiger partial charge in [0, 0.05) is 31.2 Å². The lowest BCUT2D eigenvalue weighted by atomic mass is 9.94. The third-order valence-corrected chi connectivity index (χ3v) is 4.31. The van der Waals surface area contributed by atoms with Crippen LogP contribution in [0.15, 0.2) is 24.3 Å². The van der Waals surface area contributed by atoms with Gasteiger partial charge in [-0.1, -0.05) is 6.07 Å². The van der Waals surface area contributed by atoms with Gasteiger partial charge in [-0.05, 0) is 44.7 Å². The van der Waals surface area contributed by atoms with Crippen molar-refractivity contribution in [2.45, 2.75) is 58.0 Å². The molecular weight excluding hydrogens is 360 g/mol. The fourth-order valence-corrected chi connectivity index (χ4v) is 2.63. The van der Waals surface area contributed by atoms with E-state index in [-0.39, 0.29) is 24.7 Å². The van der Waals surface area contributed by atoms with Crippen LogP contribution in [0.1, 0.15) is 51.9 Å². The second-order valence-electron chi connectivity index (χ2n) is 6.69. The van der Waals surface area contributed by atoms with E-state index in [0.29, 0.717) is 50.0 Å². The predicted molar refractivity (Wildman–Crippen MR) is 106 cm³/mol. The number of unbranched alkanes of at least 4 members (excludes halogenated alkanes) is 1. The summed E-state index contributed by atoms with van der Waals surface area (Å²) in [6.07, 6.45) is 2.92. The highest BCUT2D eigenvalue weighted by Gasteiger charge is 2.14. The zero-order valence-electron chi connectivity index (χ0n) is 16.6. The summed E-state index contributed by atoms with van der Waals surface area (Å²) in [5.41, 5.74) is 0. The first kappa shape index (κ1) is 23.5. The highest BCUT2D eigenvalue weighted by molar-refractivity contribution is 5.78. The van der Waals surface area contributed by atoms with Gasteiger partial charge in [0.1, 0.15) is 23.9 Å². The molecule has 0 aromatic heterocycles. The molecule has 2 N–H and O–H groups in total. The van der Waals surface area contributed by atoms with Gasteiger partial charge < -0.3 is 19.7 Å². The lowest BCUT2D eigenvalue weighted by molar-refractivity contribution is -0.137. The molecule has 6 nitrogen and oxygen atoms in total. The largest absolute Gasteiger partial charge is 0.497 e. The van der Waals surface area contributed by atoms with Crippen molar-refractivity contribution < 1.29 is 29.3 Å². The third kappa shape index (κ3) is 10.6. The Hall–Kier alpha value is -2.52. The molecule has 0 aliphatic heterocycles. The molecule has 154 valence electrons. The first-order valence-corrected chi connectivity index (χ1v) is 9.55. The van der Waals surface area contributed by atoms with Crippen molar-refractivity contribution in [3.8, 4) is 23.3 Å². The molecule has 0 amide bonds. The molecule has 2 unspecified atom stereocenters. The molecule has 1 aromatic carbocycles. The van der Waals surface area contributed by atoms with Crippen LogP contribution in [0.5, 0.6) is 11.5 Å². The van der Waals surface area contributed by atoms with Crippen molar-refractivity contribution in [3.05, 3.63) is 24.3 Å². The maximum atomic E-state index is 11.8. The Kier molecular flexibility index (Phi) is 11.4. The van der Waals surface area contributed by atoms with Crippen molar-refractivity contribution in [2.75, 3.05) is 13.7 Å². The normalized spacial score (nSPS) is 12.4. The number of Topliss-reactive ketones (excluding diaryl/α,β-unsaturated/α-hetero) is 1. The number of aliphatic hydroxyl groups excluding tert-OH is 1. The number of aliphatic hydroxyl groups is 1. The van der Waals surface area contributed by atoms with Gasteiger partial charge in [0.05, 0.1) is 13.2 Å². The van der Waals surface area contributed by atoms with Crippen LogP contribution in [-0.4, -0.2) is 41.8 Å². The summed E-state index contributed by atoms with van der Waals surface area (Å²) in [5.74, 6) is 6.34. The van der Waals surface area contributed by atoms with Gasteiger partial charge in [0.2, 0.25) is 0 Å². The van der Waals surface area contributed by atoms with E-state index in [9.17, 15) is 14.7 Å². The summed E-state index contributed by atoms with van der Waals surface area (Å²) < 4.78 is 10.7. The number of carboxylic acids is 1. The van der Waals surface area contributed by atoms with Crippen molar-refractivity contribution in [1.82, 2.24) is 0 Å². The number of carboxylic acid groups (broad SMARTS) is 1. The molecule has 0 aliphatic rings. The van der Waals surface area contributed by atoms with Crippen LogP contribution in [0.2, 0.25) is 0 Å². The van der Waals surface area contributed by atoms with E-state index in [4.69, 9.17) is 14.6 Å². The number of carbonyl (C=O) groups is 2. The molecular formula is C22H30O6. The van der Waals surface area contributed by atoms with Gasteiger partial charge in [-0.15, -0.1) is 11.8 Å². The number of hydrogen-bond donors (Lipinski definition) is 2. The summed E-state index contributed by atoms with van der Waals surface area (Å²) in [6.45, 7) is 1.74. The number of aliphatic carboxylic acids is 1. The summed E-state index contributed by atoms with van der Waals surface area (Å²) in [7, 11) is 1.58. The summed E-state index contributed by atoms with van der Waals surface area (Å²) in [5, 5.41) is 18.7. The standard InChI is InChI=1S/C22H30O6/c1-17(23)18(9-5-3-4-6-14-22(25)26)10-7-11-19(24)16-28-21-13-8-12-20(15-21)27-2/h8,12-13,15,18-19,24H,4,6-7,9-11,14,16H2,1-2H3,(H,25,26). The average Bonchev–Trinajstić information content (AvgIpc) is 2.67. The highest BCUT2D eigenvalue weighted by atomic mass is 16.5. The molecule has 1 rings (SSSR count). The van der Waals surface area contributed by atoms with Crippen LogP contribution in [0.4, 0.5) is 0 Å². The fourth-order valence-electron chi connectivity index (χ4n) is 2.63. The molecule has 0 saturated heterocycles. The third-order valence-electron chi connectivity index (χ3n) is 4.31. The number of methoxy groups -OCH3 is 1.